The van der Waals surface area contributed by atoms with E-state index >= 15 is 0 Å². The molecule has 0 fully saturated rings. The molecule has 4 aromatic rings. The fourth-order valence-electron chi connectivity index (χ4n) is 3.68. The quantitative estimate of drug-likeness (QED) is 0.421. The van der Waals surface area contributed by atoms with Gasteiger partial charge in [-0.15, -0.1) is 10.2 Å². The first-order chi connectivity index (χ1) is 14.2. The molecule has 146 valence electrons. The number of rotatable bonds is 5. The van der Waals surface area contributed by atoms with Crippen molar-refractivity contribution in [2.45, 2.75) is 30.2 Å². The smallest absolute Gasteiger partial charge is 0.195 e. The topological polar surface area (TPSA) is 48.5 Å². The average Bonchev–Trinajstić information content (AvgIpc) is 3.44. The van der Waals surface area contributed by atoms with Crippen LogP contribution in [0.2, 0.25) is 5.02 Å². The summed E-state index contributed by atoms with van der Waals surface area (Å²) in [7, 11) is 0. The van der Waals surface area contributed by atoms with E-state index in [9.17, 15) is 4.39 Å². The predicted molar refractivity (Wildman–Crippen MR) is 111 cm³/mol. The van der Waals surface area contributed by atoms with E-state index in [1.807, 2.05) is 33.5 Å². The van der Waals surface area contributed by atoms with E-state index in [-0.39, 0.29) is 5.82 Å². The second-order valence-corrected chi connectivity index (χ2v) is 8.24. The summed E-state index contributed by atoms with van der Waals surface area (Å²) in [6, 6.07) is 14.1. The van der Waals surface area contributed by atoms with Crippen molar-refractivity contribution in [3.05, 3.63) is 82.6 Å². The van der Waals surface area contributed by atoms with Crippen molar-refractivity contribution >= 4 is 23.4 Å². The highest BCUT2D eigenvalue weighted by Gasteiger charge is 2.23. The van der Waals surface area contributed by atoms with Crippen LogP contribution in [-0.4, -0.2) is 24.5 Å². The largest absolute Gasteiger partial charge is 0.277 e. The van der Waals surface area contributed by atoms with Gasteiger partial charge in [-0.25, -0.2) is 9.07 Å². The summed E-state index contributed by atoms with van der Waals surface area (Å²) in [6.45, 7) is 0. The zero-order chi connectivity index (χ0) is 19.8. The van der Waals surface area contributed by atoms with Gasteiger partial charge in [0.1, 0.15) is 12.1 Å². The van der Waals surface area contributed by atoms with Crippen LogP contribution in [0, 0.1) is 5.82 Å². The minimum atomic E-state index is -0.242. The second kappa shape index (κ2) is 7.65. The molecule has 0 spiro atoms. The van der Waals surface area contributed by atoms with Crippen LogP contribution >= 0.6 is 23.4 Å². The van der Waals surface area contributed by atoms with Crippen LogP contribution in [0.3, 0.4) is 0 Å². The molecule has 0 amide bonds. The van der Waals surface area contributed by atoms with Gasteiger partial charge in [-0.3, -0.25) is 4.57 Å². The summed E-state index contributed by atoms with van der Waals surface area (Å²) in [5.41, 5.74) is 5.39. The van der Waals surface area contributed by atoms with Crippen molar-refractivity contribution in [1.82, 2.24) is 24.5 Å². The molecule has 29 heavy (non-hydrogen) atoms. The van der Waals surface area contributed by atoms with Gasteiger partial charge in [0.15, 0.2) is 5.16 Å². The van der Waals surface area contributed by atoms with E-state index in [0.29, 0.717) is 10.8 Å². The van der Waals surface area contributed by atoms with Gasteiger partial charge in [-0.2, -0.15) is 5.10 Å². The molecule has 0 unspecified atom stereocenters. The third kappa shape index (κ3) is 3.56. The summed E-state index contributed by atoms with van der Waals surface area (Å²) >= 11 is 7.72. The first-order valence-corrected chi connectivity index (χ1v) is 10.7. The zero-order valence-corrected chi connectivity index (χ0v) is 17.0. The molecule has 1 aliphatic carbocycles. The van der Waals surface area contributed by atoms with Gasteiger partial charge in [-0.05, 0) is 67.3 Å². The molecule has 1 aliphatic rings. The third-order valence-electron chi connectivity index (χ3n) is 5.03. The fourth-order valence-corrected chi connectivity index (χ4v) is 4.76. The van der Waals surface area contributed by atoms with Gasteiger partial charge in [0, 0.05) is 16.5 Å². The SMILES string of the molecule is Fc1ccc(-n2nc(CSc3nncn3-c3cccc(Cl)c3)c3c2CCC3)cc1. The first-order valence-electron chi connectivity index (χ1n) is 9.33. The molecule has 2 heterocycles. The molecule has 2 aromatic heterocycles. The van der Waals surface area contributed by atoms with E-state index in [1.54, 1.807) is 30.2 Å². The predicted octanol–water partition coefficient (Wildman–Crippen LogP) is 5.03. The summed E-state index contributed by atoms with van der Waals surface area (Å²) in [5, 5.41) is 14.6. The summed E-state index contributed by atoms with van der Waals surface area (Å²) in [5.74, 6) is 0.448. The van der Waals surface area contributed by atoms with E-state index in [0.717, 1.165) is 41.5 Å². The summed E-state index contributed by atoms with van der Waals surface area (Å²) in [4.78, 5) is 0. The second-order valence-electron chi connectivity index (χ2n) is 6.87. The van der Waals surface area contributed by atoms with Crippen molar-refractivity contribution in [2.75, 3.05) is 0 Å². The number of nitrogens with zero attached hydrogens (tertiary/aromatic N) is 5. The highest BCUT2D eigenvalue weighted by molar-refractivity contribution is 7.98. The maximum absolute atomic E-state index is 13.3. The maximum atomic E-state index is 13.3. The lowest BCUT2D eigenvalue weighted by Crippen LogP contribution is -2.01. The molecular weight excluding hydrogens is 409 g/mol. The van der Waals surface area contributed by atoms with Crippen LogP contribution in [0.25, 0.3) is 11.4 Å². The molecule has 0 atom stereocenters. The van der Waals surface area contributed by atoms with Crippen LogP contribution < -0.4 is 0 Å². The van der Waals surface area contributed by atoms with Gasteiger partial charge in [-0.1, -0.05) is 29.4 Å². The Morgan fingerprint density at radius 1 is 1.07 bits per heavy atom. The highest BCUT2D eigenvalue weighted by Crippen LogP contribution is 2.32. The monoisotopic (exact) mass is 425 g/mol. The van der Waals surface area contributed by atoms with Gasteiger partial charge < -0.3 is 0 Å². The van der Waals surface area contributed by atoms with Gasteiger partial charge >= 0.3 is 0 Å². The van der Waals surface area contributed by atoms with Crippen LogP contribution in [0.5, 0.6) is 0 Å². The lowest BCUT2D eigenvalue weighted by Gasteiger charge is -2.06. The Morgan fingerprint density at radius 3 is 2.76 bits per heavy atom. The number of fused-ring (bicyclic) bond motifs is 1. The minimum absolute atomic E-state index is 0.242. The van der Waals surface area contributed by atoms with Crippen LogP contribution in [0.4, 0.5) is 4.39 Å². The summed E-state index contributed by atoms with van der Waals surface area (Å²) in [6.07, 6.45) is 4.82. The number of aromatic nitrogens is 5. The molecular formula is C21H17ClFN5S. The molecule has 8 heteroatoms. The lowest BCUT2D eigenvalue weighted by molar-refractivity contribution is 0.626. The lowest BCUT2D eigenvalue weighted by atomic mass is 10.2. The van der Waals surface area contributed by atoms with Crippen molar-refractivity contribution < 1.29 is 4.39 Å². The number of hydrogen-bond donors (Lipinski definition) is 0. The molecule has 0 bridgehead atoms. The molecule has 0 saturated carbocycles. The van der Waals surface area contributed by atoms with Crippen LogP contribution in [0.1, 0.15) is 23.4 Å². The van der Waals surface area contributed by atoms with Crippen molar-refractivity contribution in [1.29, 1.82) is 0 Å². The highest BCUT2D eigenvalue weighted by atomic mass is 35.5. The molecule has 0 N–H and O–H groups in total. The Morgan fingerprint density at radius 2 is 1.93 bits per heavy atom. The summed E-state index contributed by atoms with van der Waals surface area (Å²) < 4.78 is 17.2. The number of benzene rings is 2. The first kappa shape index (κ1) is 18.4. The third-order valence-corrected chi connectivity index (χ3v) is 6.21. The Labute approximate surface area is 176 Å². The van der Waals surface area contributed by atoms with E-state index in [4.69, 9.17) is 16.7 Å². The number of halogens is 2. The standard InChI is InChI=1S/C21H17ClFN5S/c22-14-3-1-4-17(11-14)27-13-24-25-21(27)29-12-19-18-5-2-6-20(18)28(26-19)16-9-7-15(23)8-10-16/h1,3-4,7-11,13H,2,5-6,12H2. The molecule has 0 saturated heterocycles. The molecule has 0 radical (unpaired) electrons. The Bertz CT molecular complexity index is 1170. The Hall–Kier alpha value is -2.64. The van der Waals surface area contributed by atoms with Gasteiger partial charge in [0.2, 0.25) is 0 Å². The van der Waals surface area contributed by atoms with E-state index in [1.165, 1.54) is 23.4 Å². The molecule has 5 rings (SSSR count). The van der Waals surface area contributed by atoms with Crippen LogP contribution in [0.15, 0.2) is 60.0 Å². The average molecular weight is 426 g/mol. The van der Waals surface area contributed by atoms with Crippen molar-refractivity contribution in [2.24, 2.45) is 0 Å². The Kier molecular flexibility index (Phi) is 4.85. The zero-order valence-electron chi connectivity index (χ0n) is 15.4. The molecule has 2 aromatic carbocycles. The minimum Gasteiger partial charge on any atom is -0.277 e. The normalized spacial score (nSPS) is 13.0. The van der Waals surface area contributed by atoms with Gasteiger partial charge in [0.25, 0.3) is 0 Å². The maximum Gasteiger partial charge on any atom is 0.195 e. The molecule has 0 aliphatic heterocycles. The fraction of sp³-hybridized carbons (Fsp3) is 0.190. The molecule has 5 nitrogen and oxygen atoms in total. The van der Waals surface area contributed by atoms with Crippen molar-refractivity contribution in [3.63, 3.8) is 0 Å². The van der Waals surface area contributed by atoms with Crippen molar-refractivity contribution in [3.8, 4) is 11.4 Å². The Balaban J connectivity index is 1.42. The van der Waals surface area contributed by atoms with E-state index < -0.39 is 0 Å². The van der Waals surface area contributed by atoms with Gasteiger partial charge in [0.05, 0.1) is 17.1 Å². The van der Waals surface area contributed by atoms with Crippen LogP contribution in [-0.2, 0) is 18.6 Å². The number of thioether (sulfide) groups is 1. The van der Waals surface area contributed by atoms with E-state index in [2.05, 4.69) is 10.2 Å². The number of hydrogen-bond acceptors (Lipinski definition) is 4.